The molecule has 0 rings (SSSR count). The van der Waals surface area contributed by atoms with Crippen molar-refractivity contribution in [1.82, 2.24) is 5.06 Å². The van der Waals surface area contributed by atoms with Gasteiger partial charge in [0, 0.05) is 20.4 Å². The second-order valence-corrected chi connectivity index (χ2v) is 2.45. The Balaban J connectivity index is 4.04. The van der Waals surface area contributed by atoms with E-state index in [9.17, 15) is 0 Å². The quantitative estimate of drug-likeness (QED) is 0.462. The summed E-state index contributed by atoms with van der Waals surface area (Å²) in [5.41, 5.74) is 1.03. The summed E-state index contributed by atoms with van der Waals surface area (Å²) in [5, 5.41) is 1.60. The number of hydroxylamine groups is 2. The van der Waals surface area contributed by atoms with Crippen molar-refractivity contribution in [1.29, 1.82) is 0 Å². The molecule has 0 amide bonds. The van der Waals surface area contributed by atoms with Crippen molar-refractivity contribution >= 4 is 0 Å². The zero-order valence-corrected chi connectivity index (χ0v) is 8.49. The van der Waals surface area contributed by atoms with Gasteiger partial charge in [-0.3, -0.25) is 9.90 Å². The lowest BCUT2D eigenvalue weighted by Gasteiger charge is -2.07. The molecule has 0 atom stereocenters. The summed E-state index contributed by atoms with van der Waals surface area (Å²) >= 11 is 0. The van der Waals surface area contributed by atoms with E-state index < -0.39 is 0 Å². The van der Waals surface area contributed by atoms with Crippen molar-refractivity contribution in [2.45, 2.75) is 0 Å². The van der Waals surface area contributed by atoms with Crippen LogP contribution in [0.25, 0.3) is 0 Å². The minimum absolute atomic E-state index is 0.574. The van der Waals surface area contributed by atoms with Crippen LogP contribution in [-0.2, 0) is 9.57 Å². The highest BCUT2D eigenvalue weighted by molar-refractivity contribution is 5.22. The molecule has 3 nitrogen and oxygen atoms in total. The number of rotatable bonds is 6. The first-order valence-corrected chi connectivity index (χ1v) is 4.00. The first kappa shape index (κ1) is 11.9. The van der Waals surface area contributed by atoms with Crippen molar-refractivity contribution in [2.24, 2.45) is 0 Å². The Labute approximate surface area is 79.9 Å². The average molecular weight is 183 g/mol. The molecule has 0 unspecified atom stereocenters. The Bertz CT molecular complexity index is 197. The van der Waals surface area contributed by atoms with E-state index in [-0.39, 0.29) is 0 Å². The molecular weight excluding hydrogens is 166 g/mol. The topological polar surface area (TPSA) is 21.7 Å². The van der Waals surface area contributed by atoms with Crippen LogP contribution in [0.4, 0.5) is 0 Å². The first-order chi connectivity index (χ1) is 6.24. The molecule has 3 heteroatoms. The van der Waals surface area contributed by atoms with Gasteiger partial charge in [-0.2, -0.15) is 0 Å². The highest BCUT2D eigenvalue weighted by Crippen LogP contribution is 1.96. The SMILES string of the molecule is C=C/C(=C\C=C/N(C)OC)COC. The van der Waals surface area contributed by atoms with E-state index in [1.165, 1.54) is 0 Å². The van der Waals surface area contributed by atoms with Gasteiger partial charge < -0.3 is 4.74 Å². The summed E-state index contributed by atoms with van der Waals surface area (Å²) in [5.74, 6) is 0. The molecule has 0 aliphatic carbocycles. The summed E-state index contributed by atoms with van der Waals surface area (Å²) < 4.78 is 4.96. The van der Waals surface area contributed by atoms with Crippen molar-refractivity contribution in [2.75, 3.05) is 27.9 Å². The van der Waals surface area contributed by atoms with E-state index in [4.69, 9.17) is 9.57 Å². The monoisotopic (exact) mass is 183 g/mol. The third-order valence-electron chi connectivity index (χ3n) is 1.47. The lowest BCUT2D eigenvalue weighted by atomic mass is 10.2. The molecule has 0 aliphatic rings. The molecule has 0 aromatic rings. The van der Waals surface area contributed by atoms with E-state index in [1.807, 2.05) is 19.2 Å². The Morgan fingerprint density at radius 3 is 2.62 bits per heavy atom. The van der Waals surface area contributed by atoms with Gasteiger partial charge in [-0.05, 0) is 11.6 Å². The van der Waals surface area contributed by atoms with Crippen LogP contribution in [0.5, 0.6) is 0 Å². The minimum Gasteiger partial charge on any atom is -0.380 e. The van der Waals surface area contributed by atoms with Crippen LogP contribution >= 0.6 is 0 Å². The summed E-state index contributed by atoms with van der Waals surface area (Å²) in [7, 11) is 5.08. The number of allylic oxidation sites excluding steroid dienone is 2. The molecule has 0 bridgehead atoms. The van der Waals surface area contributed by atoms with E-state index in [1.54, 1.807) is 31.6 Å². The van der Waals surface area contributed by atoms with Crippen molar-refractivity contribution in [3.63, 3.8) is 0 Å². The maximum absolute atomic E-state index is 4.96. The lowest BCUT2D eigenvalue weighted by molar-refractivity contribution is -0.0644. The molecule has 0 N–H and O–H groups in total. The second kappa shape index (κ2) is 7.58. The number of methoxy groups -OCH3 is 1. The first-order valence-electron chi connectivity index (χ1n) is 4.00. The van der Waals surface area contributed by atoms with Gasteiger partial charge in [-0.15, -0.1) is 0 Å². The standard InChI is InChI=1S/C10H17NO2/c1-5-10(9-12-3)7-6-8-11(2)13-4/h5-8H,1,9H2,2-4H3/b8-6-,10-7+. The normalized spacial score (nSPS) is 12.1. The van der Waals surface area contributed by atoms with Gasteiger partial charge in [-0.25, -0.2) is 0 Å². The van der Waals surface area contributed by atoms with Crippen LogP contribution in [0.15, 0.2) is 36.6 Å². The van der Waals surface area contributed by atoms with Gasteiger partial charge in [0.25, 0.3) is 0 Å². The molecule has 0 heterocycles. The molecule has 13 heavy (non-hydrogen) atoms. The van der Waals surface area contributed by atoms with Crippen LogP contribution in [0, 0.1) is 0 Å². The van der Waals surface area contributed by atoms with E-state index in [0.717, 1.165) is 5.57 Å². The number of ether oxygens (including phenoxy) is 1. The summed E-state index contributed by atoms with van der Waals surface area (Å²) in [6.07, 6.45) is 7.37. The van der Waals surface area contributed by atoms with Crippen molar-refractivity contribution in [3.8, 4) is 0 Å². The lowest BCUT2D eigenvalue weighted by Crippen LogP contribution is -2.06. The van der Waals surface area contributed by atoms with Crippen LogP contribution in [-0.4, -0.2) is 32.9 Å². The van der Waals surface area contributed by atoms with Crippen LogP contribution < -0.4 is 0 Å². The maximum Gasteiger partial charge on any atom is 0.0712 e. The Kier molecular flexibility index (Phi) is 6.96. The second-order valence-electron chi connectivity index (χ2n) is 2.45. The Morgan fingerprint density at radius 1 is 1.46 bits per heavy atom. The maximum atomic E-state index is 4.96. The predicted molar refractivity (Wildman–Crippen MR) is 54.1 cm³/mol. The third kappa shape index (κ3) is 6.13. The van der Waals surface area contributed by atoms with Gasteiger partial charge in [-0.1, -0.05) is 18.7 Å². The Morgan fingerprint density at radius 2 is 2.15 bits per heavy atom. The Hall–Kier alpha value is -1.06. The van der Waals surface area contributed by atoms with Crippen molar-refractivity contribution < 1.29 is 9.57 Å². The van der Waals surface area contributed by atoms with E-state index >= 15 is 0 Å². The fourth-order valence-electron chi connectivity index (χ4n) is 0.690. The molecule has 0 aliphatic heterocycles. The van der Waals surface area contributed by atoms with Gasteiger partial charge >= 0.3 is 0 Å². The molecule has 74 valence electrons. The van der Waals surface area contributed by atoms with E-state index in [2.05, 4.69) is 6.58 Å². The minimum atomic E-state index is 0.574. The zero-order chi connectivity index (χ0) is 10.1. The molecule has 0 saturated carbocycles. The van der Waals surface area contributed by atoms with Gasteiger partial charge in [0.15, 0.2) is 0 Å². The van der Waals surface area contributed by atoms with Crippen molar-refractivity contribution in [3.05, 3.63) is 36.6 Å². The average Bonchev–Trinajstić information content (AvgIpc) is 2.16. The fourth-order valence-corrected chi connectivity index (χ4v) is 0.690. The van der Waals surface area contributed by atoms with E-state index in [0.29, 0.717) is 6.61 Å². The van der Waals surface area contributed by atoms with Crippen LogP contribution in [0.2, 0.25) is 0 Å². The fraction of sp³-hybridized carbons (Fsp3) is 0.400. The highest BCUT2D eigenvalue weighted by Gasteiger charge is 1.87. The number of hydrogen-bond donors (Lipinski definition) is 0. The largest absolute Gasteiger partial charge is 0.380 e. The predicted octanol–water partition coefficient (Wildman–Crippen LogP) is 1.75. The molecule has 0 fully saturated rings. The van der Waals surface area contributed by atoms with Crippen LogP contribution in [0.1, 0.15) is 0 Å². The molecule has 0 radical (unpaired) electrons. The van der Waals surface area contributed by atoms with Gasteiger partial charge in [0.2, 0.25) is 0 Å². The summed E-state index contributed by atoms with van der Waals surface area (Å²) in [6, 6.07) is 0. The summed E-state index contributed by atoms with van der Waals surface area (Å²) in [6.45, 7) is 4.24. The number of hydrogen-bond acceptors (Lipinski definition) is 3. The third-order valence-corrected chi connectivity index (χ3v) is 1.47. The molecule has 0 aromatic carbocycles. The molecular formula is C10H17NO2. The molecule has 0 spiro atoms. The zero-order valence-electron chi connectivity index (χ0n) is 8.49. The summed E-state index contributed by atoms with van der Waals surface area (Å²) in [4.78, 5) is 4.89. The molecule has 0 aromatic heterocycles. The number of nitrogens with zero attached hydrogens (tertiary/aromatic N) is 1. The smallest absolute Gasteiger partial charge is 0.0712 e. The molecule has 0 saturated heterocycles. The van der Waals surface area contributed by atoms with Crippen LogP contribution in [0.3, 0.4) is 0 Å². The van der Waals surface area contributed by atoms with Gasteiger partial charge in [0.05, 0.1) is 13.7 Å². The van der Waals surface area contributed by atoms with Gasteiger partial charge in [0.1, 0.15) is 0 Å². The highest BCUT2D eigenvalue weighted by atomic mass is 16.7.